The number of anilines is 3. The molecule has 272 valence electrons. The summed E-state index contributed by atoms with van der Waals surface area (Å²) in [6, 6.07) is 80.6. The number of hydrogen-bond donors (Lipinski definition) is 0. The Balaban J connectivity index is 1.12. The Labute approximate surface area is 337 Å². The summed E-state index contributed by atoms with van der Waals surface area (Å²) in [6.07, 6.45) is 0. The third kappa shape index (κ3) is 5.82. The number of furan rings is 1. The van der Waals surface area contributed by atoms with E-state index in [4.69, 9.17) is 4.42 Å². The molecule has 0 saturated carbocycles. The summed E-state index contributed by atoms with van der Waals surface area (Å²) >= 11 is 0. The van der Waals surface area contributed by atoms with E-state index in [1.165, 1.54) is 49.7 Å². The largest absolute Gasteiger partial charge is 0.455 e. The average molecular weight is 740 g/mol. The second kappa shape index (κ2) is 14.1. The van der Waals surface area contributed by atoms with Crippen LogP contribution in [0.2, 0.25) is 0 Å². The molecule has 0 unspecified atom stereocenters. The molecule has 0 aliphatic heterocycles. The summed E-state index contributed by atoms with van der Waals surface area (Å²) in [6.45, 7) is 0. The highest BCUT2D eigenvalue weighted by Gasteiger charge is 2.23. The molecule has 0 amide bonds. The van der Waals surface area contributed by atoms with Crippen molar-refractivity contribution in [3.05, 3.63) is 224 Å². The molecule has 0 radical (unpaired) electrons. The van der Waals surface area contributed by atoms with Crippen LogP contribution in [0, 0.1) is 0 Å². The minimum Gasteiger partial charge on any atom is -0.455 e. The van der Waals surface area contributed by atoms with Gasteiger partial charge in [0.15, 0.2) is 0 Å². The summed E-state index contributed by atoms with van der Waals surface area (Å²) in [7, 11) is 0. The second-order valence-electron chi connectivity index (χ2n) is 14.9. The molecule has 58 heavy (non-hydrogen) atoms. The van der Waals surface area contributed by atoms with Gasteiger partial charge in [0, 0.05) is 32.9 Å². The average Bonchev–Trinajstić information content (AvgIpc) is 3.69. The molecule has 0 N–H and O–H groups in total. The van der Waals surface area contributed by atoms with Gasteiger partial charge < -0.3 is 9.32 Å². The van der Waals surface area contributed by atoms with Crippen molar-refractivity contribution in [1.82, 2.24) is 0 Å². The van der Waals surface area contributed by atoms with E-state index in [2.05, 4.69) is 229 Å². The molecule has 10 aromatic carbocycles. The first-order chi connectivity index (χ1) is 28.8. The van der Waals surface area contributed by atoms with Crippen LogP contribution in [0.1, 0.15) is 0 Å². The van der Waals surface area contributed by atoms with Crippen molar-refractivity contribution < 1.29 is 4.42 Å². The summed E-state index contributed by atoms with van der Waals surface area (Å²) < 4.78 is 6.86. The van der Waals surface area contributed by atoms with E-state index < -0.39 is 0 Å². The van der Waals surface area contributed by atoms with E-state index in [1.54, 1.807) is 0 Å². The van der Waals surface area contributed by atoms with Gasteiger partial charge in [-0.05, 0) is 91.7 Å². The Kier molecular flexibility index (Phi) is 8.19. The molecule has 11 rings (SSSR count). The van der Waals surface area contributed by atoms with Gasteiger partial charge >= 0.3 is 0 Å². The fraction of sp³-hybridized carbons (Fsp3) is 0. The highest BCUT2D eigenvalue weighted by Crippen LogP contribution is 2.47. The summed E-state index contributed by atoms with van der Waals surface area (Å²) in [4.78, 5) is 2.41. The summed E-state index contributed by atoms with van der Waals surface area (Å²) in [5.74, 6) is 0. The van der Waals surface area contributed by atoms with Crippen LogP contribution in [0.25, 0.3) is 88.0 Å². The van der Waals surface area contributed by atoms with Gasteiger partial charge in [-0.1, -0.05) is 188 Å². The van der Waals surface area contributed by atoms with Gasteiger partial charge in [0.25, 0.3) is 0 Å². The lowest BCUT2D eigenvalue weighted by atomic mass is 9.91. The monoisotopic (exact) mass is 739 g/mol. The third-order valence-corrected chi connectivity index (χ3v) is 11.5. The van der Waals surface area contributed by atoms with Gasteiger partial charge in [-0.15, -0.1) is 0 Å². The van der Waals surface area contributed by atoms with Crippen molar-refractivity contribution in [2.24, 2.45) is 0 Å². The molecule has 2 heteroatoms. The topological polar surface area (TPSA) is 16.4 Å². The second-order valence-corrected chi connectivity index (χ2v) is 14.9. The summed E-state index contributed by atoms with van der Waals surface area (Å²) in [5, 5.41) is 6.80. The lowest BCUT2D eigenvalue weighted by Crippen LogP contribution is -2.10. The minimum absolute atomic E-state index is 0.873. The maximum absolute atomic E-state index is 6.86. The van der Waals surface area contributed by atoms with E-state index in [9.17, 15) is 0 Å². The zero-order chi connectivity index (χ0) is 38.4. The number of nitrogens with zero attached hydrogens (tertiary/aromatic N) is 1. The van der Waals surface area contributed by atoms with Gasteiger partial charge in [0.1, 0.15) is 11.2 Å². The van der Waals surface area contributed by atoms with Crippen LogP contribution in [-0.2, 0) is 0 Å². The molecular formula is C56H37NO. The van der Waals surface area contributed by atoms with Gasteiger partial charge in [-0.3, -0.25) is 0 Å². The molecule has 0 fully saturated rings. The quantitative estimate of drug-likeness (QED) is 0.162. The van der Waals surface area contributed by atoms with Gasteiger partial charge in [-0.25, -0.2) is 0 Å². The van der Waals surface area contributed by atoms with E-state index in [-0.39, 0.29) is 0 Å². The number of fused-ring (bicyclic) bond motifs is 6. The van der Waals surface area contributed by atoms with Crippen molar-refractivity contribution in [1.29, 1.82) is 0 Å². The lowest BCUT2D eigenvalue weighted by Gasteiger charge is -2.27. The van der Waals surface area contributed by atoms with Crippen LogP contribution < -0.4 is 4.90 Å². The standard InChI is InChI=1S/C56H37NO/c1-3-14-38(15-4-1)40-26-28-41(29-27-40)42-30-33-45(34-31-42)57(46-35-32-39-16-7-8-19-44(39)36-46)53-37-52-55-50(48-21-10-9-20-47(48)43-17-5-2-6-18-43)24-13-25-54(55)58-56(52)51-23-12-11-22-49(51)53/h1-37H. The Morgan fingerprint density at radius 1 is 0.310 bits per heavy atom. The van der Waals surface area contributed by atoms with Crippen LogP contribution in [0.3, 0.4) is 0 Å². The van der Waals surface area contributed by atoms with E-state index in [1.807, 2.05) is 0 Å². The molecule has 11 aromatic rings. The molecule has 0 spiro atoms. The highest BCUT2D eigenvalue weighted by molar-refractivity contribution is 6.23. The van der Waals surface area contributed by atoms with Crippen molar-refractivity contribution >= 4 is 60.5 Å². The first kappa shape index (κ1) is 33.6. The first-order valence-electron chi connectivity index (χ1n) is 19.8. The fourth-order valence-corrected chi connectivity index (χ4v) is 8.66. The number of rotatable bonds is 7. The molecule has 0 atom stereocenters. The lowest BCUT2D eigenvalue weighted by molar-refractivity contribution is 0.673. The number of benzene rings is 10. The van der Waals surface area contributed by atoms with E-state index in [0.29, 0.717) is 0 Å². The molecule has 0 aliphatic rings. The van der Waals surface area contributed by atoms with Crippen LogP contribution in [0.15, 0.2) is 229 Å². The SMILES string of the molecule is c1ccc(-c2ccc(-c3ccc(N(c4ccc5ccccc5c4)c4cc5c(oc6cccc(-c7ccccc7-c7ccccc7)c65)c5ccccc45)cc3)cc2)cc1. The van der Waals surface area contributed by atoms with Gasteiger partial charge in [0.05, 0.1) is 5.69 Å². The molecule has 0 aliphatic carbocycles. The molecule has 1 aromatic heterocycles. The Morgan fingerprint density at radius 2 is 0.845 bits per heavy atom. The number of hydrogen-bond acceptors (Lipinski definition) is 2. The molecular weight excluding hydrogens is 703 g/mol. The zero-order valence-corrected chi connectivity index (χ0v) is 31.7. The zero-order valence-electron chi connectivity index (χ0n) is 31.7. The first-order valence-corrected chi connectivity index (χ1v) is 19.8. The minimum atomic E-state index is 0.873. The Morgan fingerprint density at radius 3 is 1.57 bits per heavy atom. The van der Waals surface area contributed by atoms with Gasteiger partial charge in [-0.2, -0.15) is 0 Å². The molecule has 0 bridgehead atoms. The van der Waals surface area contributed by atoms with Crippen LogP contribution >= 0.6 is 0 Å². The molecule has 1 heterocycles. The van der Waals surface area contributed by atoms with Crippen molar-refractivity contribution in [2.45, 2.75) is 0 Å². The normalized spacial score (nSPS) is 11.4. The van der Waals surface area contributed by atoms with Crippen molar-refractivity contribution in [3.8, 4) is 44.5 Å². The Bertz CT molecular complexity index is 3250. The van der Waals surface area contributed by atoms with Crippen LogP contribution in [0.4, 0.5) is 17.1 Å². The predicted molar refractivity (Wildman–Crippen MR) is 245 cm³/mol. The highest BCUT2D eigenvalue weighted by atomic mass is 16.3. The van der Waals surface area contributed by atoms with Crippen molar-refractivity contribution in [3.63, 3.8) is 0 Å². The van der Waals surface area contributed by atoms with E-state index in [0.717, 1.165) is 55.3 Å². The predicted octanol–water partition coefficient (Wildman–Crippen LogP) is 16.0. The summed E-state index contributed by atoms with van der Waals surface area (Å²) in [5.41, 5.74) is 14.5. The maximum atomic E-state index is 6.86. The maximum Gasteiger partial charge on any atom is 0.143 e. The fourth-order valence-electron chi connectivity index (χ4n) is 8.66. The van der Waals surface area contributed by atoms with Gasteiger partial charge in [0.2, 0.25) is 0 Å². The van der Waals surface area contributed by atoms with Crippen molar-refractivity contribution in [2.75, 3.05) is 4.90 Å². The Hall–Kier alpha value is -7.68. The molecule has 0 saturated heterocycles. The van der Waals surface area contributed by atoms with Crippen LogP contribution in [-0.4, -0.2) is 0 Å². The third-order valence-electron chi connectivity index (χ3n) is 11.5. The molecule has 2 nitrogen and oxygen atoms in total. The smallest absolute Gasteiger partial charge is 0.143 e. The van der Waals surface area contributed by atoms with Crippen LogP contribution in [0.5, 0.6) is 0 Å². The van der Waals surface area contributed by atoms with E-state index >= 15 is 0 Å².